The van der Waals surface area contributed by atoms with Gasteiger partial charge in [-0.2, -0.15) is 0 Å². The molecular weight excluding hydrogens is 200 g/mol. The average molecular weight is 218 g/mol. The molecule has 16 heavy (non-hydrogen) atoms. The lowest BCUT2D eigenvalue weighted by molar-refractivity contribution is 0.208. The number of hydrogen-bond donors (Lipinski definition) is 2. The molecule has 0 aliphatic heterocycles. The number of fused-ring (bicyclic) bond motifs is 1. The van der Waals surface area contributed by atoms with E-state index in [0.717, 1.165) is 5.56 Å². The van der Waals surface area contributed by atoms with E-state index in [4.69, 9.17) is 10.8 Å². The Morgan fingerprint density at radius 1 is 1.38 bits per heavy atom. The topological polar surface area (TPSA) is 51.2 Å². The summed E-state index contributed by atoms with van der Waals surface area (Å²) in [4.78, 5) is 0. The fourth-order valence-electron chi connectivity index (χ4n) is 1.96. The van der Waals surface area contributed by atoms with Gasteiger partial charge in [0.1, 0.15) is 0 Å². The summed E-state index contributed by atoms with van der Waals surface area (Å²) >= 11 is 0. The number of benzene rings is 1. The molecule has 3 N–H and O–H groups in total. The first-order valence-electron chi connectivity index (χ1n) is 5.45. The Bertz CT molecular complexity index is 500. The van der Waals surface area contributed by atoms with Crippen molar-refractivity contribution in [1.82, 2.24) is 4.57 Å². The maximum absolute atomic E-state index is 9.14. The van der Waals surface area contributed by atoms with Gasteiger partial charge in [0.25, 0.3) is 0 Å². The van der Waals surface area contributed by atoms with Crippen molar-refractivity contribution in [2.24, 2.45) is 12.8 Å². The Morgan fingerprint density at radius 3 is 2.81 bits per heavy atom. The van der Waals surface area contributed by atoms with E-state index in [-0.39, 0.29) is 6.61 Å². The highest BCUT2D eigenvalue weighted by molar-refractivity contribution is 5.80. The lowest BCUT2D eigenvalue weighted by atomic mass is 9.94. The smallest absolute Gasteiger partial charge is 0.0611 e. The zero-order valence-corrected chi connectivity index (χ0v) is 9.77. The van der Waals surface area contributed by atoms with Crippen LogP contribution in [-0.2, 0) is 13.5 Å². The summed E-state index contributed by atoms with van der Waals surface area (Å²) in [7, 11) is 2.03. The van der Waals surface area contributed by atoms with Crippen molar-refractivity contribution >= 4 is 10.9 Å². The second-order valence-corrected chi connectivity index (χ2v) is 4.81. The first-order valence-corrected chi connectivity index (χ1v) is 5.45. The van der Waals surface area contributed by atoms with Crippen LogP contribution in [0.1, 0.15) is 12.5 Å². The molecule has 1 aromatic heterocycles. The SMILES string of the molecule is Cn1ccc2cc(CC(C)(N)CO)ccc21. The van der Waals surface area contributed by atoms with Crippen molar-refractivity contribution in [3.8, 4) is 0 Å². The third kappa shape index (κ3) is 2.10. The maximum Gasteiger partial charge on any atom is 0.0611 e. The number of rotatable bonds is 3. The summed E-state index contributed by atoms with van der Waals surface area (Å²) < 4.78 is 2.09. The number of hydrogen-bond acceptors (Lipinski definition) is 2. The van der Waals surface area contributed by atoms with Gasteiger partial charge in [-0.3, -0.25) is 0 Å². The first kappa shape index (κ1) is 11.2. The van der Waals surface area contributed by atoms with E-state index in [2.05, 4.69) is 28.8 Å². The second-order valence-electron chi connectivity index (χ2n) is 4.81. The molecule has 1 heterocycles. The van der Waals surface area contributed by atoms with Crippen LogP contribution in [0.15, 0.2) is 30.5 Å². The van der Waals surface area contributed by atoms with Gasteiger partial charge in [0, 0.05) is 24.3 Å². The van der Waals surface area contributed by atoms with Gasteiger partial charge in [-0.05, 0) is 42.5 Å². The molecule has 2 rings (SSSR count). The average Bonchev–Trinajstić information content (AvgIpc) is 2.60. The van der Waals surface area contributed by atoms with Crippen molar-refractivity contribution < 1.29 is 5.11 Å². The summed E-state index contributed by atoms with van der Waals surface area (Å²) in [5.41, 5.74) is 7.78. The number of aliphatic hydroxyl groups is 1. The number of nitrogens with zero attached hydrogens (tertiary/aromatic N) is 1. The largest absolute Gasteiger partial charge is 0.394 e. The molecule has 0 radical (unpaired) electrons. The van der Waals surface area contributed by atoms with Crippen LogP contribution < -0.4 is 5.73 Å². The van der Waals surface area contributed by atoms with E-state index in [1.54, 1.807) is 0 Å². The summed E-state index contributed by atoms with van der Waals surface area (Å²) in [6.45, 7) is 1.86. The number of aliphatic hydroxyl groups excluding tert-OH is 1. The molecule has 86 valence electrons. The van der Waals surface area contributed by atoms with Crippen LogP contribution >= 0.6 is 0 Å². The van der Waals surface area contributed by atoms with Gasteiger partial charge in [0.05, 0.1) is 6.61 Å². The standard InChI is InChI=1S/C13H18N2O/c1-13(14,9-16)8-10-3-4-12-11(7-10)5-6-15(12)2/h3-7,16H,8-9,14H2,1-2H3. The molecule has 0 spiro atoms. The van der Waals surface area contributed by atoms with Crippen molar-refractivity contribution in [3.05, 3.63) is 36.0 Å². The number of aromatic nitrogens is 1. The van der Waals surface area contributed by atoms with E-state index in [9.17, 15) is 0 Å². The van der Waals surface area contributed by atoms with Crippen molar-refractivity contribution in [3.63, 3.8) is 0 Å². The molecule has 1 atom stereocenters. The molecule has 2 aromatic rings. The minimum atomic E-state index is -0.539. The Balaban J connectivity index is 2.33. The zero-order chi connectivity index (χ0) is 11.8. The highest BCUT2D eigenvalue weighted by atomic mass is 16.3. The summed E-state index contributed by atoms with van der Waals surface area (Å²) in [6, 6.07) is 8.39. The molecular formula is C13H18N2O. The zero-order valence-electron chi connectivity index (χ0n) is 9.77. The summed E-state index contributed by atoms with van der Waals surface area (Å²) in [6.07, 6.45) is 2.73. The Labute approximate surface area is 95.5 Å². The quantitative estimate of drug-likeness (QED) is 0.819. The lowest BCUT2D eigenvalue weighted by Crippen LogP contribution is -2.42. The molecule has 3 heteroatoms. The predicted molar refractivity (Wildman–Crippen MR) is 66.3 cm³/mol. The third-order valence-electron chi connectivity index (χ3n) is 2.92. The van der Waals surface area contributed by atoms with Crippen LogP contribution in [-0.4, -0.2) is 21.8 Å². The minimum Gasteiger partial charge on any atom is -0.394 e. The first-order chi connectivity index (χ1) is 7.52. The third-order valence-corrected chi connectivity index (χ3v) is 2.92. The van der Waals surface area contributed by atoms with Crippen LogP contribution in [0.3, 0.4) is 0 Å². The maximum atomic E-state index is 9.14. The van der Waals surface area contributed by atoms with Crippen molar-refractivity contribution in [2.45, 2.75) is 18.9 Å². The Kier molecular flexibility index (Phi) is 2.74. The highest BCUT2D eigenvalue weighted by Gasteiger charge is 2.17. The van der Waals surface area contributed by atoms with Crippen LogP contribution in [0, 0.1) is 0 Å². The lowest BCUT2D eigenvalue weighted by Gasteiger charge is -2.21. The van der Waals surface area contributed by atoms with Gasteiger partial charge in [-0.15, -0.1) is 0 Å². The van der Waals surface area contributed by atoms with E-state index in [1.807, 2.05) is 20.2 Å². The molecule has 0 bridgehead atoms. The van der Waals surface area contributed by atoms with Gasteiger partial charge in [-0.1, -0.05) is 6.07 Å². The summed E-state index contributed by atoms with van der Waals surface area (Å²) in [5, 5.41) is 10.4. The van der Waals surface area contributed by atoms with Crippen LogP contribution in [0.25, 0.3) is 10.9 Å². The molecule has 0 amide bonds. The monoisotopic (exact) mass is 218 g/mol. The van der Waals surface area contributed by atoms with Crippen molar-refractivity contribution in [1.29, 1.82) is 0 Å². The van der Waals surface area contributed by atoms with E-state index >= 15 is 0 Å². The Morgan fingerprint density at radius 2 is 2.12 bits per heavy atom. The molecule has 0 aliphatic rings. The van der Waals surface area contributed by atoms with Crippen LogP contribution in [0.5, 0.6) is 0 Å². The van der Waals surface area contributed by atoms with E-state index in [0.29, 0.717) is 6.42 Å². The van der Waals surface area contributed by atoms with Gasteiger partial charge < -0.3 is 15.4 Å². The molecule has 1 unspecified atom stereocenters. The predicted octanol–water partition coefficient (Wildman–Crippen LogP) is 1.43. The Hall–Kier alpha value is -1.32. The molecule has 0 saturated heterocycles. The normalized spacial score (nSPS) is 15.2. The highest BCUT2D eigenvalue weighted by Crippen LogP contribution is 2.19. The van der Waals surface area contributed by atoms with Gasteiger partial charge >= 0.3 is 0 Å². The fraction of sp³-hybridized carbons (Fsp3) is 0.385. The van der Waals surface area contributed by atoms with Gasteiger partial charge in [0.2, 0.25) is 0 Å². The van der Waals surface area contributed by atoms with Crippen LogP contribution in [0.2, 0.25) is 0 Å². The van der Waals surface area contributed by atoms with E-state index < -0.39 is 5.54 Å². The number of nitrogens with two attached hydrogens (primary N) is 1. The van der Waals surface area contributed by atoms with Gasteiger partial charge in [0.15, 0.2) is 0 Å². The van der Waals surface area contributed by atoms with Crippen molar-refractivity contribution in [2.75, 3.05) is 6.61 Å². The number of aryl methyl sites for hydroxylation is 1. The molecule has 0 aliphatic carbocycles. The second kappa shape index (κ2) is 3.92. The minimum absolute atomic E-state index is 0.000172. The molecule has 3 nitrogen and oxygen atoms in total. The molecule has 0 fully saturated rings. The summed E-state index contributed by atoms with van der Waals surface area (Å²) in [5.74, 6) is 0. The molecule has 1 aromatic carbocycles. The fourth-order valence-corrected chi connectivity index (χ4v) is 1.96. The van der Waals surface area contributed by atoms with E-state index in [1.165, 1.54) is 10.9 Å². The van der Waals surface area contributed by atoms with Crippen LogP contribution in [0.4, 0.5) is 0 Å². The molecule has 0 saturated carbocycles. The van der Waals surface area contributed by atoms with Gasteiger partial charge in [-0.25, -0.2) is 0 Å².